The maximum Gasteiger partial charge on any atom is 0.272 e. The van der Waals surface area contributed by atoms with Crippen LogP contribution in [0.1, 0.15) is 57.3 Å². The van der Waals surface area contributed by atoms with Gasteiger partial charge in [-0.05, 0) is 43.4 Å². The number of benzene rings is 1. The largest absolute Gasteiger partial charge is 0.313 e. The van der Waals surface area contributed by atoms with Crippen molar-refractivity contribution in [2.75, 3.05) is 5.32 Å². The number of carbonyl (C=O) groups is 3. The zero-order chi connectivity index (χ0) is 18.5. The molecule has 0 radical (unpaired) electrons. The van der Waals surface area contributed by atoms with Gasteiger partial charge in [0.1, 0.15) is 5.00 Å². The minimum Gasteiger partial charge on any atom is -0.313 e. The molecule has 1 aliphatic rings. The summed E-state index contributed by atoms with van der Waals surface area (Å²) < 4.78 is 0. The first kappa shape index (κ1) is 18.1. The van der Waals surface area contributed by atoms with E-state index in [-0.39, 0.29) is 11.8 Å². The molecule has 0 atom stereocenters. The maximum atomic E-state index is 12.7. The van der Waals surface area contributed by atoms with E-state index in [4.69, 9.17) is 0 Å². The fourth-order valence-electron chi connectivity index (χ4n) is 3.04. The smallest absolute Gasteiger partial charge is 0.272 e. The predicted octanol–water partition coefficient (Wildman–Crippen LogP) is 3.05. The van der Waals surface area contributed by atoms with Crippen molar-refractivity contribution in [3.8, 4) is 0 Å². The van der Waals surface area contributed by atoms with Gasteiger partial charge in [-0.1, -0.05) is 24.6 Å². The first-order chi connectivity index (χ1) is 12.6. The Morgan fingerprint density at radius 1 is 0.923 bits per heavy atom. The molecular weight excluding hydrogens is 350 g/mol. The molecule has 7 heteroatoms. The lowest BCUT2D eigenvalue weighted by Gasteiger charge is -2.10. The lowest BCUT2D eigenvalue weighted by atomic mass is 10.0. The average molecular weight is 371 g/mol. The quantitative estimate of drug-likeness (QED) is 0.572. The summed E-state index contributed by atoms with van der Waals surface area (Å²) in [6.07, 6.45) is 4.92. The molecule has 0 saturated carbocycles. The molecule has 2 aromatic rings. The van der Waals surface area contributed by atoms with Gasteiger partial charge >= 0.3 is 0 Å². The molecule has 3 amide bonds. The number of aryl methyl sites for hydroxylation is 1. The van der Waals surface area contributed by atoms with Gasteiger partial charge in [0.05, 0.1) is 5.56 Å². The topological polar surface area (TPSA) is 87.3 Å². The SMILES string of the molecule is CC(=O)NNC(=O)c1c(NC(=O)c2ccccc2)sc2c1CCCCC2. The number of fused-ring (bicyclic) bond motifs is 1. The highest BCUT2D eigenvalue weighted by Crippen LogP contribution is 2.37. The molecule has 136 valence electrons. The minimum absolute atomic E-state index is 0.254. The molecule has 26 heavy (non-hydrogen) atoms. The Morgan fingerprint density at radius 3 is 2.38 bits per heavy atom. The van der Waals surface area contributed by atoms with Gasteiger partial charge in [-0.2, -0.15) is 0 Å². The van der Waals surface area contributed by atoms with Gasteiger partial charge in [0.25, 0.3) is 11.8 Å². The number of rotatable bonds is 3. The van der Waals surface area contributed by atoms with Crippen LogP contribution in [0.25, 0.3) is 0 Å². The molecule has 0 unspecified atom stereocenters. The van der Waals surface area contributed by atoms with Crippen LogP contribution in [-0.2, 0) is 17.6 Å². The Kier molecular flexibility index (Phi) is 5.68. The van der Waals surface area contributed by atoms with E-state index in [0.717, 1.165) is 42.5 Å². The lowest BCUT2D eigenvalue weighted by Crippen LogP contribution is -2.40. The van der Waals surface area contributed by atoms with Crippen LogP contribution in [0.2, 0.25) is 0 Å². The van der Waals surface area contributed by atoms with Crippen molar-refractivity contribution >= 4 is 34.1 Å². The van der Waals surface area contributed by atoms with Crippen LogP contribution in [0.15, 0.2) is 30.3 Å². The number of thiophene rings is 1. The van der Waals surface area contributed by atoms with Crippen LogP contribution in [0.5, 0.6) is 0 Å². The zero-order valence-corrected chi connectivity index (χ0v) is 15.4. The van der Waals surface area contributed by atoms with Crippen LogP contribution in [-0.4, -0.2) is 17.7 Å². The molecule has 0 aliphatic heterocycles. The molecule has 1 aliphatic carbocycles. The van der Waals surface area contributed by atoms with Gasteiger partial charge in [-0.25, -0.2) is 0 Å². The van der Waals surface area contributed by atoms with E-state index in [9.17, 15) is 14.4 Å². The van der Waals surface area contributed by atoms with Crippen LogP contribution in [0.3, 0.4) is 0 Å². The maximum absolute atomic E-state index is 12.7. The van der Waals surface area contributed by atoms with Crippen molar-refractivity contribution in [2.24, 2.45) is 0 Å². The number of nitrogens with one attached hydrogen (secondary N) is 3. The third-order valence-electron chi connectivity index (χ3n) is 4.26. The van der Waals surface area contributed by atoms with E-state index < -0.39 is 5.91 Å². The van der Waals surface area contributed by atoms with E-state index in [1.807, 2.05) is 6.07 Å². The second kappa shape index (κ2) is 8.14. The third kappa shape index (κ3) is 4.11. The Hall–Kier alpha value is -2.67. The van der Waals surface area contributed by atoms with Crippen LogP contribution >= 0.6 is 11.3 Å². The molecule has 1 aromatic carbocycles. The molecular formula is C19H21N3O3S. The molecule has 0 saturated heterocycles. The lowest BCUT2D eigenvalue weighted by molar-refractivity contribution is -0.119. The normalized spacial score (nSPS) is 13.3. The Bertz CT molecular complexity index is 830. The molecule has 1 heterocycles. The number of hydrogen-bond donors (Lipinski definition) is 3. The summed E-state index contributed by atoms with van der Waals surface area (Å²) in [5, 5.41) is 3.41. The summed E-state index contributed by atoms with van der Waals surface area (Å²) in [4.78, 5) is 37.4. The Balaban J connectivity index is 1.91. The second-order valence-electron chi connectivity index (χ2n) is 6.22. The summed E-state index contributed by atoms with van der Waals surface area (Å²) >= 11 is 1.46. The molecule has 0 spiro atoms. The highest BCUT2D eigenvalue weighted by atomic mass is 32.1. The van der Waals surface area contributed by atoms with Crippen molar-refractivity contribution < 1.29 is 14.4 Å². The fourth-order valence-corrected chi connectivity index (χ4v) is 4.32. The van der Waals surface area contributed by atoms with E-state index in [1.54, 1.807) is 24.3 Å². The number of hydrogen-bond acceptors (Lipinski definition) is 4. The summed E-state index contributed by atoms with van der Waals surface area (Å²) in [5.41, 5.74) is 6.73. The number of amides is 3. The van der Waals surface area contributed by atoms with Gasteiger partial charge in [0.2, 0.25) is 5.91 Å². The standard InChI is InChI=1S/C19H21N3O3S/c1-12(23)21-22-18(25)16-14-10-6-3-7-11-15(14)26-19(16)20-17(24)13-8-4-2-5-9-13/h2,4-5,8-9H,3,6-7,10-11H2,1H3,(H,20,24)(H,21,23)(H,22,25). The monoisotopic (exact) mass is 371 g/mol. The first-order valence-electron chi connectivity index (χ1n) is 8.64. The van der Waals surface area contributed by atoms with E-state index in [0.29, 0.717) is 16.1 Å². The van der Waals surface area contributed by atoms with Gasteiger partial charge in [-0.3, -0.25) is 25.2 Å². The Labute approximate surface area is 156 Å². The van der Waals surface area contributed by atoms with Gasteiger partial charge < -0.3 is 5.32 Å². The predicted molar refractivity (Wildman–Crippen MR) is 101 cm³/mol. The van der Waals surface area contributed by atoms with Crippen molar-refractivity contribution in [3.05, 3.63) is 51.9 Å². The second-order valence-corrected chi connectivity index (χ2v) is 7.33. The first-order valence-corrected chi connectivity index (χ1v) is 9.45. The third-order valence-corrected chi connectivity index (χ3v) is 5.47. The number of carbonyl (C=O) groups excluding carboxylic acids is 3. The summed E-state index contributed by atoms with van der Waals surface area (Å²) in [5.74, 6) is -1.01. The highest BCUT2D eigenvalue weighted by molar-refractivity contribution is 7.17. The zero-order valence-electron chi connectivity index (χ0n) is 14.6. The van der Waals surface area contributed by atoms with Crippen LogP contribution in [0.4, 0.5) is 5.00 Å². The Morgan fingerprint density at radius 2 is 1.65 bits per heavy atom. The van der Waals surface area contributed by atoms with E-state index >= 15 is 0 Å². The van der Waals surface area contributed by atoms with E-state index in [1.165, 1.54) is 18.3 Å². The van der Waals surface area contributed by atoms with Crippen LogP contribution < -0.4 is 16.2 Å². The molecule has 0 fully saturated rings. The summed E-state index contributed by atoms with van der Waals surface area (Å²) in [6.45, 7) is 1.33. The van der Waals surface area contributed by atoms with Crippen molar-refractivity contribution in [3.63, 3.8) is 0 Å². The van der Waals surface area contributed by atoms with Crippen LogP contribution in [0, 0.1) is 0 Å². The van der Waals surface area contributed by atoms with Gasteiger partial charge in [0.15, 0.2) is 0 Å². The van der Waals surface area contributed by atoms with Crippen molar-refractivity contribution in [1.29, 1.82) is 0 Å². The summed E-state index contributed by atoms with van der Waals surface area (Å²) in [6, 6.07) is 8.89. The average Bonchev–Trinajstić information content (AvgIpc) is 2.81. The molecule has 3 N–H and O–H groups in total. The number of anilines is 1. The van der Waals surface area contributed by atoms with Crippen molar-refractivity contribution in [1.82, 2.24) is 10.9 Å². The highest BCUT2D eigenvalue weighted by Gasteiger charge is 2.26. The fraction of sp³-hybridized carbons (Fsp3) is 0.316. The van der Waals surface area contributed by atoms with Crippen molar-refractivity contribution in [2.45, 2.75) is 39.0 Å². The van der Waals surface area contributed by atoms with Gasteiger partial charge in [0, 0.05) is 17.4 Å². The molecule has 1 aromatic heterocycles. The molecule has 3 rings (SSSR count). The molecule has 6 nitrogen and oxygen atoms in total. The summed E-state index contributed by atoms with van der Waals surface area (Å²) in [7, 11) is 0. The van der Waals surface area contributed by atoms with Gasteiger partial charge in [-0.15, -0.1) is 11.3 Å². The molecule has 0 bridgehead atoms. The minimum atomic E-state index is -0.400. The number of hydrazine groups is 1. The van der Waals surface area contributed by atoms with E-state index in [2.05, 4.69) is 16.2 Å².